The van der Waals surface area contributed by atoms with Crippen LogP contribution in [0.1, 0.15) is 16.7 Å². The van der Waals surface area contributed by atoms with Crippen molar-refractivity contribution in [2.45, 2.75) is 24.5 Å². The Labute approximate surface area is 147 Å². The van der Waals surface area contributed by atoms with Gasteiger partial charge >= 0.3 is 0 Å². The van der Waals surface area contributed by atoms with Crippen LogP contribution < -0.4 is 5.32 Å². The minimum absolute atomic E-state index is 0.119. The van der Waals surface area contributed by atoms with Crippen LogP contribution in [0.3, 0.4) is 0 Å². The molecule has 1 N–H and O–H groups in total. The molecule has 122 valence electrons. The van der Waals surface area contributed by atoms with E-state index in [9.17, 15) is 4.79 Å². The summed E-state index contributed by atoms with van der Waals surface area (Å²) < 4.78 is 0. The number of hydrogen-bond donors (Lipinski definition) is 1. The zero-order chi connectivity index (χ0) is 16.5. The Kier molecular flexibility index (Phi) is 7.56. The molecule has 0 aliphatic heterocycles. The summed E-state index contributed by atoms with van der Waals surface area (Å²) in [6.45, 7) is 4.91. The van der Waals surface area contributed by atoms with Crippen molar-refractivity contribution in [1.29, 1.82) is 0 Å². The lowest BCUT2D eigenvalue weighted by atomic mass is 10.1. The summed E-state index contributed by atoms with van der Waals surface area (Å²) in [6, 6.07) is 16.8. The Morgan fingerprint density at radius 1 is 1.04 bits per heavy atom. The molecule has 0 aliphatic carbocycles. The van der Waals surface area contributed by atoms with Crippen LogP contribution in [0.15, 0.2) is 53.4 Å². The molecule has 0 spiro atoms. The highest BCUT2D eigenvalue weighted by Crippen LogP contribution is 2.18. The van der Waals surface area contributed by atoms with Gasteiger partial charge in [-0.1, -0.05) is 42.0 Å². The van der Waals surface area contributed by atoms with Crippen molar-refractivity contribution in [2.75, 3.05) is 18.1 Å². The highest BCUT2D eigenvalue weighted by atomic mass is 32.2. The van der Waals surface area contributed by atoms with E-state index in [1.807, 2.05) is 12.1 Å². The summed E-state index contributed by atoms with van der Waals surface area (Å²) in [6.07, 6.45) is 0. The van der Waals surface area contributed by atoms with Crippen molar-refractivity contribution >= 4 is 29.4 Å². The van der Waals surface area contributed by atoms with Crippen LogP contribution in [-0.4, -0.2) is 24.0 Å². The minimum Gasteiger partial charge on any atom is -0.355 e. The molecule has 1 amide bonds. The number of carbonyl (C=O) groups is 1. The Balaban J connectivity index is 1.58. The summed E-state index contributed by atoms with van der Waals surface area (Å²) in [7, 11) is 0. The highest BCUT2D eigenvalue weighted by molar-refractivity contribution is 7.99. The number of thioether (sulfide) groups is 2. The van der Waals surface area contributed by atoms with Gasteiger partial charge in [0.05, 0.1) is 5.75 Å². The molecule has 2 rings (SSSR count). The molecule has 0 radical (unpaired) electrons. The number of rotatable bonds is 8. The van der Waals surface area contributed by atoms with Crippen molar-refractivity contribution < 1.29 is 4.79 Å². The topological polar surface area (TPSA) is 29.1 Å². The summed E-state index contributed by atoms with van der Waals surface area (Å²) >= 11 is 3.44. The fourth-order valence-corrected chi connectivity index (χ4v) is 3.77. The second kappa shape index (κ2) is 9.68. The number of nitrogens with one attached hydrogen (secondary N) is 1. The van der Waals surface area contributed by atoms with Gasteiger partial charge in [0.2, 0.25) is 5.91 Å². The zero-order valence-corrected chi connectivity index (χ0v) is 15.3. The lowest BCUT2D eigenvalue weighted by Gasteiger charge is -2.07. The standard InChI is InChI=1S/C19H23NOS2/c1-15-7-9-18(10-8-15)23-12-11-20-19(21)14-22-13-17-6-4-3-5-16(17)2/h3-10H,11-14H2,1-2H3,(H,20,21). The first-order chi connectivity index (χ1) is 11.1. The molecule has 0 fully saturated rings. The molecule has 0 aliphatic rings. The third kappa shape index (κ3) is 6.71. The van der Waals surface area contributed by atoms with Gasteiger partial charge in [-0.25, -0.2) is 0 Å². The molecule has 0 aromatic heterocycles. The predicted molar refractivity (Wildman–Crippen MR) is 102 cm³/mol. The lowest BCUT2D eigenvalue weighted by molar-refractivity contribution is -0.118. The second-order valence-electron chi connectivity index (χ2n) is 5.43. The van der Waals surface area contributed by atoms with E-state index in [1.165, 1.54) is 21.6 Å². The van der Waals surface area contributed by atoms with Crippen molar-refractivity contribution in [1.82, 2.24) is 5.32 Å². The zero-order valence-electron chi connectivity index (χ0n) is 13.7. The van der Waals surface area contributed by atoms with Gasteiger partial charge in [-0.05, 0) is 37.1 Å². The van der Waals surface area contributed by atoms with Gasteiger partial charge in [0.15, 0.2) is 0 Å². The quantitative estimate of drug-likeness (QED) is 0.566. The van der Waals surface area contributed by atoms with E-state index in [2.05, 4.69) is 55.6 Å². The summed E-state index contributed by atoms with van der Waals surface area (Å²) in [5.41, 5.74) is 3.86. The van der Waals surface area contributed by atoms with E-state index < -0.39 is 0 Å². The molecular formula is C19H23NOS2. The van der Waals surface area contributed by atoms with Crippen molar-refractivity contribution in [2.24, 2.45) is 0 Å². The monoisotopic (exact) mass is 345 g/mol. The fourth-order valence-electron chi connectivity index (χ4n) is 2.07. The Bertz CT molecular complexity index is 626. The van der Waals surface area contributed by atoms with Gasteiger partial charge in [-0.2, -0.15) is 0 Å². The van der Waals surface area contributed by atoms with Gasteiger partial charge in [0.1, 0.15) is 0 Å². The molecule has 4 heteroatoms. The number of benzene rings is 2. The maximum atomic E-state index is 11.8. The smallest absolute Gasteiger partial charge is 0.230 e. The van der Waals surface area contributed by atoms with Crippen LogP contribution in [0.4, 0.5) is 0 Å². The van der Waals surface area contributed by atoms with Crippen LogP contribution in [0, 0.1) is 13.8 Å². The van der Waals surface area contributed by atoms with Gasteiger partial charge < -0.3 is 5.32 Å². The molecule has 2 nitrogen and oxygen atoms in total. The van der Waals surface area contributed by atoms with Crippen molar-refractivity contribution in [3.8, 4) is 0 Å². The Morgan fingerprint density at radius 2 is 1.78 bits per heavy atom. The van der Waals surface area contributed by atoms with E-state index in [4.69, 9.17) is 0 Å². The molecule has 0 bridgehead atoms. The summed E-state index contributed by atoms with van der Waals surface area (Å²) in [5.74, 6) is 2.42. The van der Waals surface area contributed by atoms with Crippen LogP contribution in [0.5, 0.6) is 0 Å². The SMILES string of the molecule is Cc1ccc(SCCNC(=O)CSCc2ccccc2C)cc1. The fraction of sp³-hybridized carbons (Fsp3) is 0.316. The molecular weight excluding hydrogens is 322 g/mol. The van der Waals surface area contributed by atoms with Crippen LogP contribution in [0.2, 0.25) is 0 Å². The molecule has 0 unspecified atom stereocenters. The van der Waals surface area contributed by atoms with Crippen LogP contribution in [-0.2, 0) is 10.5 Å². The molecule has 23 heavy (non-hydrogen) atoms. The molecule has 0 saturated heterocycles. The second-order valence-corrected chi connectivity index (χ2v) is 7.58. The highest BCUT2D eigenvalue weighted by Gasteiger charge is 2.03. The van der Waals surface area contributed by atoms with Gasteiger partial charge in [-0.3, -0.25) is 4.79 Å². The summed E-state index contributed by atoms with van der Waals surface area (Å²) in [5, 5.41) is 2.98. The van der Waals surface area contributed by atoms with Gasteiger partial charge in [0.25, 0.3) is 0 Å². The van der Waals surface area contributed by atoms with E-state index >= 15 is 0 Å². The first-order valence-corrected chi connectivity index (χ1v) is 9.87. The number of amides is 1. The van der Waals surface area contributed by atoms with Crippen LogP contribution in [0.25, 0.3) is 0 Å². The first kappa shape index (κ1) is 18.0. The lowest BCUT2D eigenvalue weighted by Crippen LogP contribution is -2.27. The van der Waals surface area contributed by atoms with Gasteiger partial charge in [-0.15, -0.1) is 23.5 Å². The Morgan fingerprint density at radius 3 is 2.52 bits per heavy atom. The Hall–Kier alpha value is -1.39. The predicted octanol–water partition coefficient (Wildman–Crippen LogP) is 4.45. The van der Waals surface area contributed by atoms with E-state index in [-0.39, 0.29) is 5.91 Å². The van der Waals surface area contributed by atoms with Crippen molar-refractivity contribution in [3.63, 3.8) is 0 Å². The normalized spacial score (nSPS) is 10.5. The maximum absolute atomic E-state index is 11.8. The molecule has 0 atom stereocenters. The molecule has 0 heterocycles. The molecule has 0 saturated carbocycles. The third-order valence-electron chi connectivity index (χ3n) is 3.47. The van der Waals surface area contributed by atoms with E-state index in [1.54, 1.807) is 23.5 Å². The third-order valence-corrected chi connectivity index (χ3v) is 5.46. The molecule has 2 aromatic rings. The van der Waals surface area contributed by atoms with E-state index in [0.29, 0.717) is 12.3 Å². The average molecular weight is 346 g/mol. The van der Waals surface area contributed by atoms with Crippen molar-refractivity contribution in [3.05, 3.63) is 65.2 Å². The average Bonchev–Trinajstić information content (AvgIpc) is 2.55. The summed E-state index contributed by atoms with van der Waals surface area (Å²) in [4.78, 5) is 13.1. The largest absolute Gasteiger partial charge is 0.355 e. The first-order valence-electron chi connectivity index (χ1n) is 7.73. The maximum Gasteiger partial charge on any atom is 0.230 e. The number of carbonyl (C=O) groups excluding carboxylic acids is 1. The van der Waals surface area contributed by atoms with Crippen LogP contribution >= 0.6 is 23.5 Å². The number of hydrogen-bond acceptors (Lipinski definition) is 3. The minimum atomic E-state index is 0.119. The van der Waals surface area contributed by atoms with E-state index in [0.717, 1.165) is 11.5 Å². The van der Waals surface area contributed by atoms with Gasteiger partial charge in [0, 0.05) is 22.9 Å². The molecule has 2 aromatic carbocycles. The number of aryl methyl sites for hydroxylation is 2.